The van der Waals surface area contributed by atoms with Crippen LogP contribution in [0.25, 0.3) is 0 Å². The number of benzene rings is 2. The topological polar surface area (TPSA) is 104 Å². The monoisotopic (exact) mass is 445 g/mol. The van der Waals surface area contributed by atoms with E-state index in [0.717, 1.165) is 5.69 Å². The third kappa shape index (κ3) is 5.78. The number of hydrogen-bond donors (Lipinski definition) is 1. The summed E-state index contributed by atoms with van der Waals surface area (Å²) in [5.74, 6) is 0.215. The van der Waals surface area contributed by atoms with E-state index in [-0.39, 0.29) is 11.3 Å². The maximum atomic E-state index is 12.6. The molecule has 156 valence electrons. The molecule has 8 nitrogen and oxygen atoms in total. The van der Waals surface area contributed by atoms with E-state index in [1.807, 2.05) is 12.3 Å². The van der Waals surface area contributed by atoms with E-state index in [1.54, 1.807) is 43.5 Å². The smallest absolute Gasteiger partial charge is 0.284 e. The minimum absolute atomic E-state index is 0.137. The number of carbonyl (C=O) groups excluding carboxylic acids is 1. The fourth-order valence-electron chi connectivity index (χ4n) is 2.44. The Labute approximate surface area is 181 Å². The quantitative estimate of drug-likeness (QED) is 0.287. The molecule has 0 bridgehead atoms. The van der Waals surface area contributed by atoms with Gasteiger partial charge < -0.3 is 14.8 Å². The zero-order valence-corrected chi connectivity index (χ0v) is 17.9. The number of hydrogen-bond acceptors (Lipinski definition) is 8. The Morgan fingerprint density at radius 1 is 1.23 bits per heavy atom. The van der Waals surface area contributed by atoms with E-state index < -0.39 is 10.8 Å². The van der Waals surface area contributed by atoms with Crippen LogP contribution in [0.15, 0.2) is 57.1 Å². The molecule has 10 heteroatoms. The summed E-state index contributed by atoms with van der Waals surface area (Å²) in [4.78, 5) is 28.3. The van der Waals surface area contributed by atoms with Gasteiger partial charge >= 0.3 is 0 Å². The highest BCUT2D eigenvalue weighted by Crippen LogP contribution is 2.36. The maximum absolute atomic E-state index is 12.6. The Kier molecular flexibility index (Phi) is 7.39. The average molecular weight is 446 g/mol. The summed E-state index contributed by atoms with van der Waals surface area (Å²) in [5, 5.41) is 16.1. The fourth-order valence-corrected chi connectivity index (χ4v) is 4.32. The number of aryl methyl sites for hydroxylation is 1. The van der Waals surface area contributed by atoms with Crippen LogP contribution in [0.2, 0.25) is 0 Å². The number of amides is 1. The van der Waals surface area contributed by atoms with Gasteiger partial charge in [-0.2, -0.15) is 0 Å². The number of nitrogens with one attached hydrogen (secondary N) is 1. The van der Waals surface area contributed by atoms with E-state index in [9.17, 15) is 14.9 Å². The number of aromatic nitrogens is 1. The van der Waals surface area contributed by atoms with Crippen molar-refractivity contribution in [3.8, 4) is 5.75 Å². The Bertz CT molecular complexity index is 1040. The van der Waals surface area contributed by atoms with Crippen LogP contribution < -0.4 is 10.1 Å². The van der Waals surface area contributed by atoms with Crippen molar-refractivity contribution in [1.29, 1.82) is 0 Å². The summed E-state index contributed by atoms with van der Waals surface area (Å²) in [6, 6.07) is 11.3. The van der Waals surface area contributed by atoms with Gasteiger partial charge in [-0.25, -0.2) is 4.98 Å². The zero-order valence-electron chi connectivity index (χ0n) is 16.3. The van der Waals surface area contributed by atoms with E-state index in [4.69, 9.17) is 9.47 Å². The van der Waals surface area contributed by atoms with Crippen LogP contribution in [0.4, 0.5) is 11.4 Å². The number of nitro benzene ring substituents is 1. The second-order valence-electron chi connectivity index (χ2n) is 6.12. The van der Waals surface area contributed by atoms with Gasteiger partial charge in [0.05, 0.1) is 16.4 Å². The first-order chi connectivity index (χ1) is 14.5. The molecular formula is C20H19N3O5S2. The molecule has 3 aromatic rings. The molecule has 1 amide bonds. The van der Waals surface area contributed by atoms with Crippen LogP contribution in [0.3, 0.4) is 0 Å². The van der Waals surface area contributed by atoms with Crippen LogP contribution in [0, 0.1) is 17.0 Å². The summed E-state index contributed by atoms with van der Waals surface area (Å²) >= 11 is 2.63. The highest BCUT2D eigenvalue weighted by Gasteiger charge is 2.19. The van der Waals surface area contributed by atoms with Gasteiger partial charge in [0.15, 0.2) is 4.34 Å². The van der Waals surface area contributed by atoms with E-state index >= 15 is 0 Å². The molecular weight excluding hydrogens is 426 g/mol. The van der Waals surface area contributed by atoms with E-state index in [1.165, 1.54) is 29.2 Å². The van der Waals surface area contributed by atoms with Crippen LogP contribution >= 0.6 is 23.1 Å². The molecule has 0 saturated heterocycles. The first-order valence-corrected chi connectivity index (χ1v) is 10.6. The Hall–Kier alpha value is -2.95. The molecule has 0 radical (unpaired) electrons. The zero-order chi connectivity index (χ0) is 21.5. The fraction of sp³-hybridized carbons (Fsp3) is 0.200. The van der Waals surface area contributed by atoms with Gasteiger partial charge in [-0.05, 0) is 43.3 Å². The predicted molar refractivity (Wildman–Crippen MR) is 116 cm³/mol. The summed E-state index contributed by atoms with van der Waals surface area (Å²) in [7, 11) is 1.59. The lowest BCUT2D eigenvalue weighted by Gasteiger charge is -2.09. The maximum Gasteiger partial charge on any atom is 0.284 e. The van der Waals surface area contributed by atoms with Gasteiger partial charge in [-0.1, -0.05) is 11.8 Å². The van der Waals surface area contributed by atoms with E-state index in [0.29, 0.717) is 33.9 Å². The van der Waals surface area contributed by atoms with Gasteiger partial charge in [-0.3, -0.25) is 14.9 Å². The normalized spacial score (nSPS) is 10.6. The molecule has 1 aromatic heterocycles. The molecule has 0 atom stereocenters. The van der Waals surface area contributed by atoms with E-state index in [2.05, 4.69) is 10.3 Å². The van der Waals surface area contributed by atoms with Crippen molar-refractivity contribution < 1.29 is 19.2 Å². The van der Waals surface area contributed by atoms with Gasteiger partial charge in [0.2, 0.25) is 0 Å². The lowest BCUT2D eigenvalue weighted by molar-refractivity contribution is -0.387. The van der Waals surface area contributed by atoms with Crippen molar-refractivity contribution in [3.05, 3.63) is 69.2 Å². The molecule has 0 saturated carbocycles. The molecule has 0 aliphatic carbocycles. The second kappa shape index (κ2) is 10.2. The molecule has 0 spiro atoms. The van der Waals surface area contributed by atoms with Crippen molar-refractivity contribution in [2.45, 2.75) is 16.2 Å². The highest BCUT2D eigenvalue weighted by atomic mass is 32.2. The van der Waals surface area contributed by atoms with Crippen LogP contribution in [0.1, 0.15) is 16.1 Å². The summed E-state index contributed by atoms with van der Waals surface area (Å²) in [6.07, 6.45) is 0. The number of carbonyl (C=O) groups is 1. The van der Waals surface area contributed by atoms with Crippen molar-refractivity contribution in [3.63, 3.8) is 0 Å². The van der Waals surface area contributed by atoms with Gasteiger partial charge in [-0.15, -0.1) is 11.3 Å². The minimum atomic E-state index is -0.494. The Balaban J connectivity index is 1.71. The average Bonchev–Trinajstić information content (AvgIpc) is 3.14. The lowest BCUT2D eigenvalue weighted by atomic mass is 10.2. The summed E-state index contributed by atoms with van der Waals surface area (Å²) in [5.41, 5.74) is 1.47. The van der Waals surface area contributed by atoms with Crippen molar-refractivity contribution in [2.24, 2.45) is 0 Å². The summed E-state index contributed by atoms with van der Waals surface area (Å²) < 4.78 is 11.1. The van der Waals surface area contributed by atoms with Crippen molar-refractivity contribution in [2.75, 3.05) is 25.6 Å². The van der Waals surface area contributed by atoms with Crippen LogP contribution in [0.5, 0.6) is 5.75 Å². The first-order valence-electron chi connectivity index (χ1n) is 8.88. The number of rotatable bonds is 9. The third-order valence-corrected chi connectivity index (χ3v) is 6.00. The number of thiazole rings is 1. The standard InChI is InChI=1S/C20H19N3O5S2/c1-13-12-29-20(21-13)30-18-8-3-14(11-17(18)23(25)26)19(24)22-15-4-6-16(7-5-15)28-10-9-27-2/h3-8,11-12H,9-10H2,1-2H3,(H,22,24). The van der Waals surface area contributed by atoms with Gasteiger partial charge in [0.1, 0.15) is 12.4 Å². The van der Waals surface area contributed by atoms with Gasteiger partial charge in [0.25, 0.3) is 11.6 Å². The molecule has 0 aliphatic rings. The van der Waals surface area contributed by atoms with Crippen LogP contribution in [-0.4, -0.2) is 36.1 Å². The number of nitrogens with zero attached hydrogens (tertiary/aromatic N) is 2. The molecule has 1 N–H and O–H groups in total. The highest BCUT2D eigenvalue weighted by molar-refractivity contribution is 8.01. The molecule has 3 rings (SSSR count). The summed E-state index contributed by atoms with van der Waals surface area (Å²) in [6.45, 7) is 2.77. The second-order valence-corrected chi connectivity index (χ2v) is 8.26. The molecule has 0 fully saturated rings. The van der Waals surface area contributed by atoms with Gasteiger partial charge in [0, 0.05) is 35.5 Å². The molecule has 30 heavy (non-hydrogen) atoms. The van der Waals surface area contributed by atoms with Crippen molar-refractivity contribution >= 4 is 40.4 Å². The Morgan fingerprint density at radius 2 is 2.00 bits per heavy atom. The third-order valence-electron chi connectivity index (χ3n) is 3.88. The molecule has 0 unspecified atom stereocenters. The molecule has 2 aromatic carbocycles. The Morgan fingerprint density at radius 3 is 2.63 bits per heavy atom. The number of nitro groups is 1. The molecule has 0 aliphatic heterocycles. The number of anilines is 1. The number of ether oxygens (including phenoxy) is 2. The van der Waals surface area contributed by atoms with Crippen LogP contribution in [-0.2, 0) is 4.74 Å². The minimum Gasteiger partial charge on any atom is -0.491 e. The largest absolute Gasteiger partial charge is 0.491 e. The molecule has 1 heterocycles. The lowest BCUT2D eigenvalue weighted by Crippen LogP contribution is -2.12. The first kappa shape index (κ1) is 21.8. The van der Waals surface area contributed by atoms with Crippen molar-refractivity contribution in [1.82, 2.24) is 4.98 Å². The number of methoxy groups -OCH3 is 1. The predicted octanol–water partition coefficient (Wildman–Crippen LogP) is 4.79. The SMILES string of the molecule is COCCOc1ccc(NC(=O)c2ccc(Sc3nc(C)cs3)c([N+](=O)[O-])c2)cc1.